The largest absolute Gasteiger partial charge is 0.310 e. The van der Waals surface area contributed by atoms with Crippen molar-refractivity contribution < 1.29 is 0 Å². The van der Waals surface area contributed by atoms with Gasteiger partial charge in [-0.3, -0.25) is 0 Å². The molecule has 51 heavy (non-hydrogen) atoms. The summed E-state index contributed by atoms with van der Waals surface area (Å²) in [5, 5.41) is 5.11. The van der Waals surface area contributed by atoms with Gasteiger partial charge in [0.05, 0.1) is 11.0 Å². The minimum atomic E-state index is 1.12. The van der Waals surface area contributed by atoms with Crippen molar-refractivity contribution in [3.05, 3.63) is 194 Å². The van der Waals surface area contributed by atoms with Crippen molar-refractivity contribution in [2.45, 2.75) is 0 Å². The Morgan fingerprint density at radius 2 is 0.863 bits per heavy atom. The Morgan fingerprint density at radius 1 is 0.333 bits per heavy atom. The number of benzene rings is 8. The van der Waals surface area contributed by atoms with Gasteiger partial charge in [0, 0.05) is 53.7 Å². The second kappa shape index (κ2) is 12.2. The van der Waals surface area contributed by atoms with Gasteiger partial charge in [-0.1, -0.05) is 115 Å². The average Bonchev–Trinajstić information content (AvgIpc) is 3.74. The van der Waals surface area contributed by atoms with E-state index < -0.39 is 0 Å². The minimum Gasteiger partial charge on any atom is -0.310 e. The van der Waals surface area contributed by atoms with Crippen molar-refractivity contribution in [1.29, 1.82) is 0 Å². The van der Waals surface area contributed by atoms with Crippen LogP contribution < -0.4 is 4.90 Å². The van der Waals surface area contributed by atoms with Crippen molar-refractivity contribution >= 4 is 70.4 Å². The zero-order valence-corrected chi connectivity index (χ0v) is 28.6. The second-order valence-corrected chi connectivity index (χ2v) is 14.1. The van der Waals surface area contributed by atoms with Crippen LogP contribution >= 0.6 is 11.3 Å². The molecular weight excluding hydrogens is 637 g/mol. The van der Waals surface area contributed by atoms with E-state index in [0.29, 0.717) is 0 Å². The normalized spacial score (nSPS) is 11.5. The first kappa shape index (κ1) is 29.5. The van der Waals surface area contributed by atoms with E-state index >= 15 is 0 Å². The molecule has 0 unspecified atom stereocenters. The van der Waals surface area contributed by atoms with E-state index in [2.05, 4.69) is 204 Å². The summed E-state index contributed by atoms with van der Waals surface area (Å²) in [4.78, 5) is 2.38. The maximum Gasteiger partial charge on any atom is 0.0541 e. The van der Waals surface area contributed by atoms with E-state index in [1.165, 1.54) is 69.9 Å². The molecule has 0 fully saturated rings. The number of anilines is 3. The Morgan fingerprint density at radius 3 is 1.61 bits per heavy atom. The summed E-state index contributed by atoms with van der Waals surface area (Å²) in [6.07, 6.45) is 0. The number of nitrogens with zero attached hydrogens (tertiary/aromatic N) is 2. The smallest absolute Gasteiger partial charge is 0.0541 e. The molecule has 2 nitrogen and oxygen atoms in total. The summed E-state index contributed by atoms with van der Waals surface area (Å²) < 4.78 is 4.99. The van der Waals surface area contributed by atoms with Crippen LogP contribution in [0.25, 0.3) is 69.9 Å². The van der Waals surface area contributed by atoms with Crippen LogP contribution in [0.3, 0.4) is 0 Å². The molecule has 2 heterocycles. The van der Waals surface area contributed by atoms with Gasteiger partial charge in [-0.25, -0.2) is 0 Å². The van der Waals surface area contributed by atoms with Crippen molar-refractivity contribution in [1.82, 2.24) is 4.57 Å². The first-order valence-electron chi connectivity index (χ1n) is 17.3. The van der Waals surface area contributed by atoms with Crippen LogP contribution in [-0.2, 0) is 0 Å². The van der Waals surface area contributed by atoms with Gasteiger partial charge in [0.2, 0.25) is 0 Å². The highest BCUT2D eigenvalue weighted by Gasteiger charge is 2.17. The summed E-state index contributed by atoms with van der Waals surface area (Å²) >= 11 is 1.85. The number of hydrogen-bond donors (Lipinski definition) is 0. The highest BCUT2D eigenvalue weighted by Crippen LogP contribution is 2.42. The number of fused-ring (bicyclic) bond motifs is 6. The van der Waals surface area contributed by atoms with Crippen LogP contribution in [0.5, 0.6) is 0 Å². The Balaban J connectivity index is 1.07. The van der Waals surface area contributed by atoms with Crippen LogP contribution in [0.4, 0.5) is 17.1 Å². The lowest BCUT2D eigenvalue weighted by atomic mass is 10.0. The Bertz CT molecular complexity index is 2830. The SMILES string of the molecule is c1ccc(-c2ccc(N(c3ccc(-c4ccc5c(c4)c4ccccc4n5-c4ccccc4)cc3)c3ccc4sc5ccccc5c4c3)cc2)cc1. The molecule has 0 N–H and O–H groups in total. The molecule has 0 spiro atoms. The van der Waals surface area contributed by atoms with Crippen molar-refractivity contribution in [2.24, 2.45) is 0 Å². The van der Waals surface area contributed by atoms with E-state index in [-0.39, 0.29) is 0 Å². The first-order valence-corrected chi connectivity index (χ1v) is 18.2. The van der Waals surface area contributed by atoms with E-state index in [0.717, 1.165) is 17.1 Å². The van der Waals surface area contributed by atoms with Gasteiger partial charge in [0.1, 0.15) is 0 Å². The van der Waals surface area contributed by atoms with Gasteiger partial charge >= 0.3 is 0 Å². The fraction of sp³-hybridized carbons (Fsp3) is 0. The lowest BCUT2D eigenvalue weighted by Crippen LogP contribution is -2.09. The van der Waals surface area contributed by atoms with Crippen LogP contribution in [0.15, 0.2) is 194 Å². The Hall–Kier alpha value is -6.42. The topological polar surface area (TPSA) is 8.17 Å². The first-order chi connectivity index (χ1) is 25.3. The zero-order valence-electron chi connectivity index (χ0n) is 27.8. The van der Waals surface area contributed by atoms with Gasteiger partial charge in [-0.15, -0.1) is 11.3 Å². The van der Waals surface area contributed by atoms with Crippen molar-refractivity contribution in [3.63, 3.8) is 0 Å². The molecule has 0 saturated heterocycles. The van der Waals surface area contributed by atoms with E-state index in [1.807, 2.05) is 11.3 Å². The van der Waals surface area contributed by atoms with Gasteiger partial charge in [0.15, 0.2) is 0 Å². The molecule has 10 rings (SSSR count). The van der Waals surface area contributed by atoms with Crippen LogP contribution in [0.2, 0.25) is 0 Å². The average molecular weight is 669 g/mol. The van der Waals surface area contributed by atoms with Gasteiger partial charge in [-0.2, -0.15) is 0 Å². The molecule has 3 heteroatoms. The van der Waals surface area contributed by atoms with Crippen LogP contribution in [0.1, 0.15) is 0 Å². The third-order valence-corrected chi connectivity index (χ3v) is 11.1. The zero-order chi connectivity index (χ0) is 33.7. The molecule has 0 amide bonds. The summed E-state index contributed by atoms with van der Waals surface area (Å²) in [5.41, 5.74) is 11.8. The number of rotatable bonds is 6. The standard InChI is InChI=1S/C48H32N2S/c1-3-11-33(12-4-1)34-19-24-38(25-20-34)49(40-28-30-48-44(32-40)42-16-8-10-18-47(42)51-48)39-26-21-35(22-27-39)36-23-29-46-43(31-36)41-15-7-9-17-45(41)50(46)37-13-5-2-6-14-37/h1-32H. The molecule has 0 aliphatic heterocycles. The lowest BCUT2D eigenvalue weighted by molar-refractivity contribution is 1.18. The lowest BCUT2D eigenvalue weighted by Gasteiger charge is -2.26. The van der Waals surface area contributed by atoms with E-state index in [1.54, 1.807) is 0 Å². The van der Waals surface area contributed by atoms with Crippen molar-refractivity contribution in [3.8, 4) is 27.9 Å². The molecule has 2 aromatic heterocycles. The van der Waals surface area contributed by atoms with Crippen molar-refractivity contribution in [2.75, 3.05) is 4.90 Å². The maximum absolute atomic E-state index is 2.38. The predicted molar refractivity (Wildman–Crippen MR) is 219 cm³/mol. The molecule has 0 radical (unpaired) electrons. The fourth-order valence-electron chi connectivity index (χ4n) is 7.54. The third kappa shape index (κ3) is 5.10. The van der Waals surface area contributed by atoms with Crippen LogP contribution in [0, 0.1) is 0 Å². The Kier molecular flexibility index (Phi) is 7.04. The quantitative estimate of drug-likeness (QED) is 0.171. The van der Waals surface area contributed by atoms with Crippen LogP contribution in [-0.4, -0.2) is 4.57 Å². The van der Waals surface area contributed by atoms with Gasteiger partial charge in [0.25, 0.3) is 0 Å². The van der Waals surface area contributed by atoms with E-state index in [4.69, 9.17) is 0 Å². The van der Waals surface area contributed by atoms with Gasteiger partial charge < -0.3 is 9.47 Å². The molecular formula is C48H32N2S. The highest BCUT2D eigenvalue weighted by atomic mass is 32.1. The van der Waals surface area contributed by atoms with Gasteiger partial charge in [-0.05, 0) is 101 Å². The predicted octanol–water partition coefficient (Wildman–Crippen LogP) is 14.0. The molecule has 0 aliphatic carbocycles. The maximum atomic E-state index is 2.38. The molecule has 240 valence electrons. The number of hydrogen-bond acceptors (Lipinski definition) is 2. The molecule has 0 saturated carbocycles. The molecule has 0 bridgehead atoms. The summed E-state index contributed by atoms with van der Waals surface area (Å²) in [6.45, 7) is 0. The third-order valence-electron chi connectivity index (χ3n) is 10.00. The fourth-order valence-corrected chi connectivity index (χ4v) is 8.63. The monoisotopic (exact) mass is 668 g/mol. The molecule has 0 aliphatic rings. The summed E-state index contributed by atoms with van der Waals surface area (Å²) in [7, 11) is 0. The summed E-state index contributed by atoms with van der Waals surface area (Å²) in [5.74, 6) is 0. The second-order valence-electron chi connectivity index (χ2n) is 13.0. The Labute approximate surface area is 300 Å². The summed E-state index contributed by atoms with van der Waals surface area (Å²) in [6, 6.07) is 70.4. The van der Waals surface area contributed by atoms with E-state index in [9.17, 15) is 0 Å². The minimum absolute atomic E-state index is 1.12. The number of para-hydroxylation sites is 2. The molecule has 0 atom stereocenters. The highest BCUT2D eigenvalue weighted by molar-refractivity contribution is 7.25. The number of aromatic nitrogens is 1. The molecule has 8 aromatic carbocycles. The molecule has 10 aromatic rings. The number of thiophene rings is 1.